The molecule has 19 heavy (non-hydrogen) atoms. The van der Waals surface area contributed by atoms with E-state index in [0.717, 1.165) is 50.3 Å². The minimum atomic E-state index is -2.92. The summed E-state index contributed by atoms with van der Waals surface area (Å²) in [6, 6.07) is 0. The van der Waals surface area contributed by atoms with E-state index >= 15 is 0 Å². The Morgan fingerprint density at radius 2 is 2.16 bits per heavy atom. The van der Waals surface area contributed by atoms with E-state index in [9.17, 15) is 8.42 Å². The summed E-state index contributed by atoms with van der Waals surface area (Å²) in [4.78, 5) is 4.53. The van der Waals surface area contributed by atoms with Gasteiger partial charge in [0.1, 0.15) is 5.82 Å². The maximum Gasteiger partial charge on any atom is 0.153 e. The second kappa shape index (κ2) is 4.89. The van der Waals surface area contributed by atoms with Crippen molar-refractivity contribution in [3.63, 3.8) is 0 Å². The molecule has 0 N–H and O–H groups in total. The normalized spacial score (nSPS) is 29.9. The highest BCUT2D eigenvalue weighted by atomic mass is 32.2. The molecule has 6 heteroatoms. The molecule has 0 amide bonds. The van der Waals surface area contributed by atoms with Crippen LogP contribution < -0.4 is 0 Å². The van der Waals surface area contributed by atoms with E-state index in [1.54, 1.807) is 0 Å². The molecule has 0 aromatic carbocycles. The first-order chi connectivity index (χ1) is 9.04. The molecular weight excluding hydrogens is 262 g/mol. The lowest BCUT2D eigenvalue weighted by molar-refractivity contribution is 0.367. The van der Waals surface area contributed by atoms with Gasteiger partial charge in [0.2, 0.25) is 0 Å². The number of fused-ring (bicyclic) bond motifs is 1. The number of aryl methyl sites for hydroxylation is 1. The summed E-state index contributed by atoms with van der Waals surface area (Å²) in [7, 11) is -2.92. The Balaban J connectivity index is 1.77. The predicted molar refractivity (Wildman–Crippen MR) is 72.6 cm³/mol. The number of hydrogen-bond acceptors (Lipinski definition) is 4. The molecule has 2 aliphatic heterocycles. The highest BCUT2D eigenvalue weighted by molar-refractivity contribution is 7.92. The molecule has 0 saturated carbocycles. The Hall–Kier alpha value is -0.910. The molecule has 2 aliphatic rings. The third-order valence-corrected chi connectivity index (χ3v) is 6.54. The van der Waals surface area contributed by atoms with Crippen molar-refractivity contribution in [2.45, 2.75) is 57.2 Å². The summed E-state index contributed by atoms with van der Waals surface area (Å²) >= 11 is 0. The fraction of sp³-hybridized carbons (Fsp3) is 0.846. The third kappa shape index (κ3) is 2.68. The molecule has 0 spiro atoms. The van der Waals surface area contributed by atoms with E-state index < -0.39 is 9.84 Å². The minimum absolute atomic E-state index is 0.261. The van der Waals surface area contributed by atoms with Crippen molar-refractivity contribution in [3.8, 4) is 0 Å². The molecule has 1 aromatic rings. The summed E-state index contributed by atoms with van der Waals surface area (Å²) < 4.78 is 26.0. The van der Waals surface area contributed by atoms with Crippen LogP contribution in [0.25, 0.3) is 0 Å². The topological polar surface area (TPSA) is 64.8 Å². The minimum Gasteiger partial charge on any atom is -0.250 e. The van der Waals surface area contributed by atoms with Crippen LogP contribution in [0.5, 0.6) is 0 Å². The molecule has 1 aromatic heterocycles. The molecule has 0 bridgehead atoms. The highest BCUT2D eigenvalue weighted by Crippen LogP contribution is 2.23. The van der Waals surface area contributed by atoms with Crippen molar-refractivity contribution in [2.75, 3.05) is 5.75 Å². The Morgan fingerprint density at radius 1 is 1.32 bits per heavy atom. The second-order valence-corrected chi connectivity index (χ2v) is 8.36. The zero-order chi connectivity index (χ0) is 13.5. The van der Waals surface area contributed by atoms with Crippen molar-refractivity contribution < 1.29 is 8.42 Å². The fourth-order valence-corrected chi connectivity index (χ4v) is 4.93. The van der Waals surface area contributed by atoms with Gasteiger partial charge in [-0.25, -0.2) is 18.1 Å². The molecule has 0 radical (unpaired) electrons. The van der Waals surface area contributed by atoms with E-state index in [-0.39, 0.29) is 5.25 Å². The van der Waals surface area contributed by atoms with E-state index in [4.69, 9.17) is 0 Å². The number of rotatable bonds is 2. The van der Waals surface area contributed by atoms with Gasteiger partial charge in [-0.2, -0.15) is 5.10 Å². The van der Waals surface area contributed by atoms with Crippen LogP contribution in [0.15, 0.2) is 0 Å². The van der Waals surface area contributed by atoms with Crippen LogP contribution in [0.1, 0.15) is 44.3 Å². The molecule has 1 saturated heterocycles. The zero-order valence-corrected chi connectivity index (χ0v) is 12.2. The van der Waals surface area contributed by atoms with E-state index in [0.29, 0.717) is 18.1 Å². The van der Waals surface area contributed by atoms with Crippen LogP contribution >= 0.6 is 0 Å². The Labute approximate surface area is 114 Å². The molecule has 0 aliphatic carbocycles. The van der Waals surface area contributed by atoms with Crippen LogP contribution in [-0.4, -0.2) is 34.2 Å². The first-order valence-corrected chi connectivity index (χ1v) is 8.90. The largest absolute Gasteiger partial charge is 0.250 e. The van der Waals surface area contributed by atoms with Crippen LogP contribution in [0.3, 0.4) is 0 Å². The van der Waals surface area contributed by atoms with Crippen LogP contribution in [0.2, 0.25) is 0 Å². The van der Waals surface area contributed by atoms with Gasteiger partial charge in [0, 0.05) is 19.4 Å². The molecule has 3 rings (SSSR count). The number of nitrogens with zero attached hydrogens (tertiary/aromatic N) is 3. The third-order valence-electron chi connectivity index (χ3n) is 4.26. The van der Waals surface area contributed by atoms with Crippen LogP contribution in [-0.2, 0) is 29.2 Å². The standard InChI is InChI=1S/C13H21N3O2S/c1-10-5-6-13-14-12(15-16(13)9-10)8-11-4-2-3-7-19(11,17)18/h10-11H,2-9H2,1H3. The van der Waals surface area contributed by atoms with Crippen molar-refractivity contribution in [1.29, 1.82) is 0 Å². The van der Waals surface area contributed by atoms with Gasteiger partial charge in [-0.3, -0.25) is 0 Å². The number of aromatic nitrogens is 3. The van der Waals surface area contributed by atoms with E-state index in [1.807, 2.05) is 4.68 Å². The number of hydrogen-bond donors (Lipinski definition) is 0. The van der Waals surface area contributed by atoms with Crippen molar-refractivity contribution >= 4 is 9.84 Å². The predicted octanol–water partition coefficient (Wildman–Crippen LogP) is 1.37. The summed E-state index contributed by atoms with van der Waals surface area (Å²) in [5.74, 6) is 2.73. The fourth-order valence-electron chi connectivity index (χ4n) is 3.06. The summed E-state index contributed by atoms with van der Waals surface area (Å²) in [6.45, 7) is 3.13. The van der Waals surface area contributed by atoms with Gasteiger partial charge in [-0.1, -0.05) is 13.3 Å². The summed E-state index contributed by atoms with van der Waals surface area (Å²) in [6.07, 6.45) is 5.20. The highest BCUT2D eigenvalue weighted by Gasteiger charge is 2.30. The monoisotopic (exact) mass is 283 g/mol. The molecule has 106 valence electrons. The molecule has 2 unspecified atom stereocenters. The lowest BCUT2D eigenvalue weighted by Crippen LogP contribution is -2.30. The van der Waals surface area contributed by atoms with Gasteiger partial charge >= 0.3 is 0 Å². The average Bonchev–Trinajstić information content (AvgIpc) is 2.73. The van der Waals surface area contributed by atoms with Gasteiger partial charge in [0.15, 0.2) is 15.7 Å². The van der Waals surface area contributed by atoms with Crippen molar-refractivity contribution in [2.24, 2.45) is 5.92 Å². The van der Waals surface area contributed by atoms with Gasteiger partial charge in [-0.15, -0.1) is 0 Å². The van der Waals surface area contributed by atoms with Crippen LogP contribution in [0, 0.1) is 5.92 Å². The molecule has 5 nitrogen and oxygen atoms in total. The van der Waals surface area contributed by atoms with Crippen molar-refractivity contribution in [1.82, 2.24) is 14.8 Å². The van der Waals surface area contributed by atoms with E-state index in [1.165, 1.54) is 0 Å². The molecule has 2 atom stereocenters. The molecule has 1 fully saturated rings. The second-order valence-electron chi connectivity index (χ2n) is 5.96. The Morgan fingerprint density at radius 3 is 2.95 bits per heavy atom. The Kier molecular flexibility index (Phi) is 3.37. The molecular formula is C13H21N3O2S. The first-order valence-electron chi connectivity index (χ1n) is 7.19. The lowest BCUT2D eigenvalue weighted by atomic mass is 10.0. The average molecular weight is 283 g/mol. The quantitative estimate of drug-likeness (QED) is 0.822. The van der Waals surface area contributed by atoms with Gasteiger partial charge < -0.3 is 0 Å². The van der Waals surface area contributed by atoms with Crippen molar-refractivity contribution in [3.05, 3.63) is 11.6 Å². The van der Waals surface area contributed by atoms with Gasteiger partial charge in [-0.05, 0) is 25.2 Å². The Bertz CT molecular complexity index is 564. The zero-order valence-electron chi connectivity index (χ0n) is 11.4. The van der Waals surface area contributed by atoms with Gasteiger partial charge in [0.05, 0.1) is 11.0 Å². The SMILES string of the molecule is CC1CCc2nc(CC3CCCCS3(=O)=O)nn2C1. The maximum atomic E-state index is 12.0. The smallest absolute Gasteiger partial charge is 0.153 e. The lowest BCUT2D eigenvalue weighted by Gasteiger charge is -2.20. The van der Waals surface area contributed by atoms with E-state index in [2.05, 4.69) is 17.0 Å². The number of sulfone groups is 1. The first kappa shape index (κ1) is 13.1. The summed E-state index contributed by atoms with van der Waals surface area (Å²) in [5.41, 5.74) is 0. The van der Waals surface area contributed by atoms with Gasteiger partial charge in [0.25, 0.3) is 0 Å². The van der Waals surface area contributed by atoms with Crippen LogP contribution in [0.4, 0.5) is 0 Å². The summed E-state index contributed by atoms with van der Waals surface area (Å²) in [5, 5.41) is 4.24. The maximum absolute atomic E-state index is 12.0. The molecule has 3 heterocycles.